The molecule has 1 rings (SSSR count). The fourth-order valence-electron chi connectivity index (χ4n) is 1.57. The van der Waals surface area contributed by atoms with Crippen LogP contribution in [0.15, 0.2) is 24.3 Å². The number of carbonyl (C=O) groups is 2. The van der Waals surface area contributed by atoms with Crippen molar-refractivity contribution in [3.8, 4) is 0 Å². The monoisotopic (exact) mass is 314 g/mol. The number of nitrogens with one attached hydrogen (secondary N) is 1. The van der Waals surface area contributed by atoms with E-state index >= 15 is 0 Å². The van der Waals surface area contributed by atoms with Crippen molar-refractivity contribution in [1.82, 2.24) is 9.62 Å². The minimum atomic E-state index is -3.79. The van der Waals surface area contributed by atoms with Crippen LogP contribution < -0.4 is 4.72 Å². The number of carboxylic acids is 1. The normalized spacial score (nSPS) is 12.7. The van der Waals surface area contributed by atoms with E-state index in [0.29, 0.717) is 5.56 Å². The highest BCUT2D eigenvalue weighted by Crippen LogP contribution is 2.07. The average molecular weight is 314 g/mol. The molecule has 0 aliphatic heterocycles. The zero-order valence-corrected chi connectivity index (χ0v) is 12.8. The summed E-state index contributed by atoms with van der Waals surface area (Å²) < 4.78 is 26.3. The molecule has 1 aromatic rings. The largest absolute Gasteiger partial charge is 0.478 e. The molecule has 0 saturated heterocycles. The summed E-state index contributed by atoms with van der Waals surface area (Å²) in [6.07, 6.45) is 0. The Hall–Kier alpha value is -1.93. The molecule has 0 spiro atoms. The first-order chi connectivity index (χ1) is 9.65. The lowest BCUT2D eigenvalue weighted by Gasteiger charge is -2.17. The second-order valence-electron chi connectivity index (χ2n) is 4.74. The van der Waals surface area contributed by atoms with Crippen LogP contribution in [-0.4, -0.2) is 49.6 Å². The molecule has 0 fully saturated rings. The molecular formula is C13H18N2O5S. The standard InChI is InChI=1S/C13H18N2O5S/c1-9(12(16)15(2)3)21(19,20)14-8-10-4-6-11(7-5-10)13(17)18/h4-7,9,14H,8H2,1-3H3,(H,17,18). The van der Waals surface area contributed by atoms with Gasteiger partial charge >= 0.3 is 5.97 Å². The number of hydrogen-bond donors (Lipinski definition) is 2. The minimum Gasteiger partial charge on any atom is -0.478 e. The minimum absolute atomic E-state index is 0.00667. The molecule has 0 heterocycles. The summed E-state index contributed by atoms with van der Waals surface area (Å²) in [7, 11) is -0.817. The first kappa shape index (κ1) is 17.1. The number of carboxylic acid groups (broad SMARTS) is 1. The van der Waals surface area contributed by atoms with Crippen molar-refractivity contribution < 1.29 is 23.1 Å². The van der Waals surface area contributed by atoms with Crippen molar-refractivity contribution in [2.45, 2.75) is 18.7 Å². The molecule has 116 valence electrons. The quantitative estimate of drug-likeness (QED) is 0.785. The number of sulfonamides is 1. The Morgan fingerprint density at radius 1 is 1.24 bits per heavy atom. The van der Waals surface area contributed by atoms with Gasteiger partial charge < -0.3 is 10.0 Å². The molecule has 7 nitrogen and oxygen atoms in total. The van der Waals surface area contributed by atoms with Crippen LogP contribution in [0.3, 0.4) is 0 Å². The highest BCUT2D eigenvalue weighted by molar-refractivity contribution is 7.90. The summed E-state index contributed by atoms with van der Waals surface area (Å²) in [6.45, 7) is 1.31. The number of aromatic carboxylic acids is 1. The predicted molar refractivity (Wildman–Crippen MR) is 77.3 cm³/mol. The number of benzene rings is 1. The SMILES string of the molecule is CC(C(=O)N(C)C)S(=O)(=O)NCc1ccc(C(=O)O)cc1. The Labute approximate surface area is 123 Å². The molecule has 1 amide bonds. The van der Waals surface area contributed by atoms with E-state index in [1.807, 2.05) is 0 Å². The fourth-order valence-corrected chi connectivity index (χ4v) is 2.66. The number of carbonyl (C=O) groups excluding carboxylic acids is 1. The van der Waals surface area contributed by atoms with Crippen molar-refractivity contribution >= 4 is 21.9 Å². The average Bonchev–Trinajstić information content (AvgIpc) is 2.43. The van der Waals surface area contributed by atoms with E-state index in [1.54, 1.807) is 0 Å². The summed E-state index contributed by atoms with van der Waals surface area (Å²) in [6, 6.07) is 5.82. The molecule has 0 bridgehead atoms. The predicted octanol–water partition coefficient (Wildman–Crippen LogP) is 0.281. The fraction of sp³-hybridized carbons (Fsp3) is 0.385. The number of rotatable bonds is 6. The summed E-state index contributed by atoms with van der Waals surface area (Å²) in [5.41, 5.74) is 0.728. The van der Waals surface area contributed by atoms with E-state index < -0.39 is 27.1 Å². The van der Waals surface area contributed by atoms with Gasteiger partial charge in [0.05, 0.1) is 5.56 Å². The van der Waals surface area contributed by atoms with E-state index in [-0.39, 0.29) is 12.1 Å². The molecule has 21 heavy (non-hydrogen) atoms. The number of amides is 1. The highest BCUT2D eigenvalue weighted by atomic mass is 32.2. The zero-order chi connectivity index (χ0) is 16.2. The van der Waals surface area contributed by atoms with Gasteiger partial charge in [-0.05, 0) is 24.6 Å². The molecule has 8 heteroatoms. The van der Waals surface area contributed by atoms with Crippen molar-refractivity contribution in [2.75, 3.05) is 14.1 Å². The van der Waals surface area contributed by atoms with Gasteiger partial charge in [0.2, 0.25) is 15.9 Å². The number of hydrogen-bond acceptors (Lipinski definition) is 4. The van der Waals surface area contributed by atoms with Gasteiger partial charge in [-0.15, -0.1) is 0 Å². The molecule has 0 aromatic heterocycles. The molecule has 0 radical (unpaired) electrons. The third-order valence-electron chi connectivity index (χ3n) is 2.93. The molecule has 1 unspecified atom stereocenters. The van der Waals surface area contributed by atoms with Gasteiger partial charge in [-0.2, -0.15) is 0 Å². The summed E-state index contributed by atoms with van der Waals surface area (Å²) in [5, 5.41) is 7.58. The molecule has 2 N–H and O–H groups in total. The molecular weight excluding hydrogens is 296 g/mol. The maximum atomic E-state index is 12.0. The van der Waals surface area contributed by atoms with Gasteiger partial charge in [-0.1, -0.05) is 12.1 Å². The lowest BCUT2D eigenvalue weighted by Crippen LogP contribution is -2.42. The third kappa shape index (κ3) is 4.54. The Kier molecular flexibility index (Phi) is 5.45. The summed E-state index contributed by atoms with van der Waals surface area (Å²) >= 11 is 0. The van der Waals surface area contributed by atoms with Gasteiger partial charge in [0.15, 0.2) is 5.25 Å². The van der Waals surface area contributed by atoms with Crippen molar-refractivity contribution in [3.05, 3.63) is 35.4 Å². The van der Waals surface area contributed by atoms with Crippen LogP contribution in [0, 0.1) is 0 Å². The van der Waals surface area contributed by atoms with Crippen LogP contribution in [0.1, 0.15) is 22.8 Å². The Morgan fingerprint density at radius 3 is 2.19 bits per heavy atom. The van der Waals surface area contributed by atoms with Crippen molar-refractivity contribution in [2.24, 2.45) is 0 Å². The van der Waals surface area contributed by atoms with E-state index in [2.05, 4.69) is 4.72 Å². The van der Waals surface area contributed by atoms with Gasteiger partial charge in [0.25, 0.3) is 0 Å². The maximum Gasteiger partial charge on any atom is 0.335 e. The van der Waals surface area contributed by atoms with E-state index in [0.717, 1.165) is 0 Å². The second kappa shape index (κ2) is 6.68. The summed E-state index contributed by atoms with van der Waals surface area (Å²) in [5.74, 6) is -1.56. The van der Waals surface area contributed by atoms with Crippen LogP contribution in [-0.2, 0) is 21.4 Å². The van der Waals surface area contributed by atoms with Gasteiger partial charge in [-0.3, -0.25) is 4.79 Å². The zero-order valence-electron chi connectivity index (χ0n) is 12.0. The van der Waals surface area contributed by atoms with Crippen LogP contribution in [0.5, 0.6) is 0 Å². The number of nitrogens with zero attached hydrogens (tertiary/aromatic N) is 1. The van der Waals surface area contributed by atoms with E-state index in [9.17, 15) is 18.0 Å². The van der Waals surface area contributed by atoms with Gasteiger partial charge in [-0.25, -0.2) is 17.9 Å². The van der Waals surface area contributed by atoms with Crippen LogP contribution >= 0.6 is 0 Å². The van der Waals surface area contributed by atoms with E-state index in [4.69, 9.17) is 5.11 Å². The van der Waals surface area contributed by atoms with Gasteiger partial charge in [0, 0.05) is 20.6 Å². The third-order valence-corrected chi connectivity index (χ3v) is 4.61. The van der Waals surface area contributed by atoms with Crippen LogP contribution in [0.2, 0.25) is 0 Å². The smallest absolute Gasteiger partial charge is 0.335 e. The maximum absolute atomic E-state index is 12.0. The first-order valence-electron chi connectivity index (χ1n) is 6.17. The lowest BCUT2D eigenvalue weighted by molar-refractivity contribution is -0.127. The van der Waals surface area contributed by atoms with Crippen molar-refractivity contribution in [1.29, 1.82) is 0 Å². The molecule has 0 aliphatic carbocycles. The highest BCUT2D eigenvalue weighted by Gasteiger charge is 2.28. The van der Waals surface area contributed by atoms with E-state index in [1.165, 1.54) is 50.2 Å². The van der Waals surface area contributed by atoms with Crippen LogP contribution in [0.4, 0.5) is 0 Å². The molecule has 0 saturated carbocycles. The Morgan fingerprint density at radius 2 is 1.76 bits per heavy atom. The Bertz CT molecular complexity index is 622. The van der Waals surface area contributed by atoms with Crippen molar-refractivity contribution in [3.63, 3.8) is 0 Å². The molecule has 0 aliphatic rings. The molecule has 1 aromatic carbocycles. The molecule has 1 atom stereocenters. The topological polar surface area (TPSA) is 104 Å². The lowest BCUT2D eigenvalue weighted by atomic mass is 10.1. The second-order valence-corrected chi connectivity index (χ2v) is 6.83. The van der Waals surface area contributed by atoms with Gasteiger partial charge in [0.1, 0.15) is 0 Å². The first-order valence-corrected chi connectivity index (χ1v) is 7.71. The Balaban J connectivity index is 2.73. The summed E-state index contributed by atoms with van der Waals surface area (Å²) in [4.78, 5) is 23.6. The van der Waals surface area contributed by atoms with Crippen LogP contribution in [0.25, 0.3) is 0 Å².